The topological polar surface area (TPSA) is 78.2 Å². The second-order valence-electron chi connectivity index (χ2n) is 8.01. The van der Waals surface area contributed by atoms with Crippen molar-refractivity contribution in [1.29, 1.82) is 0 Å². The molecule has 7 nitrogen and oxygen atoms in total. The smallest absolute Gasteiger partial charge is 0.338 e. The molecule has 7 heteroatoms. The fraction of sp³-hybridized carbons (Fsp3) is 0.0357. The predicted octanol–water partition coefficient (Wildman–Crippen LogP) is 5.48. The fourth-order valence-electron chi connectivity index (χ4n) is 3.79. The van der Waals surface area contributed by atoms with Crippen LogP contribution in [0, 0.1) is 0 Å². The molecule has 2 aromatic heterocycles. The van der Waals surface area contributed by atoms with Crippen LogP contribution in [0.25, 0.3) is 22.4 Å². The molecule has 3 aromatic carbocycles. The van der Waals surface area contributed by atoms with Gasteiger partial charge < -0.3 is 10.1 Å². The molecule has 0 fully saturated rings. The van der Waals surface area contributed by atoms with Gasteiger partial charge >= 0.3 is 5.69 Å². The van der Waals surface area contributed by atoms with E-state index in [2.05, 4.69) is 16.9 Å². The van der Waals surface area contributed by atoms with Gasteiger partial charge in [-0.2, -0.15) is 0 Å². The summed E-state index contributed by atoms with van der Waals surface area (Å²) in [5.74, 6) is 1.12. The summed E-state index contributed by atoms with van der Waals surface area (Å²) in [5, 5.41) is 2.80. The molecular formula is C28H22N4O3. The lowest BCUT2D eigenvalue weighted by Crippen LogP contribution is -2.22. The molecule has 0 atom stereocenters. The molecule has 0 aliphatic carbocycles. The van der Waals surface area contributed by atoms with Crippen molar-refractivity contribution < 1.29 is 9.53 Å². The first-order valence-corrected chi connectivity index (χ1v) is 11.0. The van der Waals surface area contributed by atoms with Crippen molar-refractivity contribution >= 4 is 22.6 Å². The standard InChI is InChI=1S/C28H22N4O3/c1-19(2)27(33)30-20-7-6-8-22(17-20)32-25-15-16-29-18-26(25)31(28(32)34)21-11-13-24(14-12-21)35-23-9-4-3-5-10-23/h3-18H,1H2,2H3,(H,30,33). The SMILES string of the molecule is C=C(C)C(=O)Nc1cccc(-n2c(=O)n(-c3ccc(Oc4ccccc4)cc3)c3cnccc32)c1. The lowest BCUT2D eigenvalue weighted by atomic mass is 10.2. The minimum absolute atomic E-state index is 0.256. The molecular weight excluding hydrogens is 440 g/mol. The molecule has 0 saturated heterocycles. The van der Waals surface area contributed by atoms with Crippen molar-refractivity contribution in [3.8, 4) is 22.9 Å². The highest BCUT2D eigenvalue weighted by Gasteiger charge is 2.17. The number of rotatable bonds is 6. The van der Waals surface area contributed by atoms with Crippen LogP contribution in [0.2, 0.25) is 0 Å². The number of amides is 1. The summed E-state index contributed by atoms with van der Waals surface area (Å²) in [6.07, 6.45) is 3.31. The van der Waals surface area contributed by atoms with Gasteiger partial charge in [0.25, 0.3) is 5.91 Å². The molecule has 0 saturated carbocycles. The highest BCUT2D eigenvalue weighted by Crippen LogP contribution is 2.25. The molecule has 0 aliphatic rings. The van der Waals surface area contributed by atoms with E-state index in [0.717, 1.165) is 5.75 Å². The average Bonchev–Trinajstić information content (AvgIpc) is 3.17. The summed E-state index contributed by atoms with van der Waals surface area (Å²) in [5.41, 5.74) is 3.36. The number of pyridine rings is 1. The number of hydrogen-bond acceptors (Lipinski definition) is 4. The average molecular weight is 463 g/mol. The van der Waals surface area contributed by atoms with Gasteiger partial charge in [0.2, 0.25) is 0 Å². The monoisotopic (exact) mass is 462 g/mol. The normalized spacial score (nSPS) is 10.8. The maximum atomic E-state index is 13.7. The third kappa shape index (κ3) is 4.35. The van der Waals surface area contributed by atoms with Crippen LogP contribution >= 0.6 is 0 Å². The Morgan fingerprint density at radius 3 is 2.31 bits per heavy atom. The number of para-hydroxylation sites is 1. The number of nitrogens with zero attached hydrogens (tertiary/aromatic N) is 3. The maximum absolute atomic E-state index is 13.7. The summed E-state index contributed by atoms with van der Waals surface area (Å²) >= 11 is 0. The highest BCUT2D eigenvalue weighted by molar-refractivity contribution is 6.02. The molecule has 0 bridgehead atoms. The molecule has 5 rings (SSSR count). The van der Waals surface area contributed by atoms with Crippen molar-refractivity contribution in [2.24, 2.45) is 0 Å². The fourth-order valence-corrected chi connectivity index (χ4v) is 3.79. The number of aromatic nitrogens is 3. The van der Waals surface area contributed by atoms with E-state index in [0.29, 0.717) is 39.4 Å². The number of ether oxygens (including phenoxy) is 1. The third-order valence-corrected chi connectivity index (χ3v) is 5.47. The first-order chi connectivity index (χ1) is 17.0. The maximum Gasteiger partial charge on any atom is 0.338 e. The van der Waals surface area contributed by atoms with E-state index in [1.165, 1.54) is 0 Å². The molecule has 5 aromatic rings. The van der Waals surface area contributed by atoms with Gasteiger partial charge in [0, 0.05) is 17.5 Å². The van der Waals surface area contributed by atoms with Crippen LogP contribution in [0.1, 0.15) is 6.92 Å². The van der Waals surface area contributed by atoms with E-state index >= 15 is 0 Å². The van der Waals surface area contributed by atoms with Gasteiger partial charge in [-0.15, -0.1) is 0 Å². The molecule has 172 valence electrons. The molecule has 0 spiro atoms. The lowest BCUT2D eigenvalue weighted by molar-refractivity contribution is -0.112. The second-order valence-corrected chi connectivity index (χ2v) is 8.01. The number of carbonyl (C=O) groups is 1. The largest absolute Gasteiger partial charge is 0.457 e. The lowest BCUT2D eigenvalue weighted by Gasteiger charge is -2.08. The van der Waals surface area contributed by atoms with Crippen LogP contribution in [-0.4, -0.2) is 20.0 Å². The Hall–Kier alpha value is -4.91. The van der Waals surface area contributed by atoms with Crippen molar-refractivity contribution in [1.82, 2.24) is 14.1 Å². The van der Waals surface area contributed by atoms with Crippen LogP contribution in [0.4, 0.5) is 5.69 Å². The molecule has 1 N–H and O–H groups in total. The number of fused-ring (bicyclic) bond motifs is 1. The van der Waals surface area contributed by atoms with Gasteiger partial charge in [0.1, 0.15) is 11.5 Å². The predicted molar refractivity (Wildman–Crippen MR) is 137 cm³/mol. The number of nitrogens with one attached hydrogen (secondary N) is 1. The zero-order valence-electron chi connectivity index (χ0n) is 19.0. The molecule has 0 aliphatic heterocycles. The third-order valence-electron chi connectivity index (χ3n) is 5.47. The Morgan fingerprint density at radius 2 is 1.57 bits per heavy atom. The molecule has 2 heterocycles. The van der Waals surface area contributed by atoms with E-state index in [9.17, 15) is 9.59 Å². The molecule has 1 amide bonds. The van der Waals surface area contributed by atoms with Crippen molar-refractivity contribution in [2.45, 2.75) is 6.92 Å². The van der Waals surface area contributed by atoms with Gasteiger partial charge in [-0.1, -0.05) is 30.8 Å². The Labute approximate surface area is 201 Å². The Morgan fingerprint density at radius 1 is 0.857 bits per heavy atom. The Kier molecular flexibility index (Phi) is 5.73. The molecule has 0 unspecified atom stereocenters. The van der Waals surface area contributed by atoms with Crippen LogP contribution in [0.15, 0.2) is 114 Å². The van der Waals surface area contributed by atoms with Crippen LogP contribution in [0.5, 0.6) is 11.5 Å². The number of benzene rings is 3. The number of anilines is 1. The van der Waals surface area contributed by atoms with E-state index in [4.69, 9.17) is 4.74 Å². The van der Waals surface area contributed by atoms with Gasteiger partial charge in [0.15, 0.2) is 0 Å². The van der Waals surface area contributed by atoms with Crippen LogP contribution < -0.4 is 15.7 Å². The zero-order valence-corrected chi connectivity index (χ0v) is 19.0. The van der Waals surface area contributed by atoms with Crippen molar-refractivity contribution in [3.05, 3.63) is 120 Å². The first kappa shape index (κ1) is 21.9. The Bertz CT molecular complexity index is 1600. The summed E-state index contributed by atoms with van der Waals surface area (Å²) in [6, 6.07) is 25.7. The Balaban J connectivity index is 1.56. The number of carbonyl (C=O) groups excluding carboxylic acids is 1. The minimum atomic E-state index is -0.279. The second kappa shape index (κ2) is 9.15. The van der Waals surface area contributed by atoms with E-state index in [-0.39, 0.29) is 11.6 Å². The van der Waals surface area contributed by atoms with Crippen molar-refractivity contribution in [3.63, 3.8) is 0 Å². The van der Waals surface area contributed by atoms with Crippen molar-refractivity contribution in [2.75, 3.05) is 5.32 Å². The summed E-state index contributed by atoms with van der Waals surface area (Å²) in [4.78, 5) is 30.0. The number of hydrogen-bond donors (Lipinski definition) is 1. The quantitative estimate of drug-likeness (QED) is 0.339. The van der Waals surface area contributed by atoms with Gasteiger partial charge in [-0.3, -0.25) is 18.9 Å². The zero-order chi connectivity index (χ0) is 24.4. The highest BCUT2D eigenvalue weighted by atomic mass is 16.5. The molecule has 0 radical (unpaired) electrons. The van der Waals surface area contributed by atoms with Gasteiger partial charge in [-0.05, 0) is 67.6 Å². The minimum Gasteiger partial charge on any atom is -0.457 e. The van der Waals surface area contributed by atoms with Gasteiger partial charge in [0.05, 0.1) is 28.6 Å². The summed E-state index contributed by atoms with van der Waals surface area (Å²) in [7, 11) is 0. The summed E-state index contributed by atoms with van der Waals surface area (Å²) in [6.45, 7) is 5.31. The van der Waals surface area contributed by atoms with Crippen LogP contribution in [0.3, 0.4) is 0 Å². The number of imidazole rings is 1. The van der Waals surface area contributed by atoms with E-state index < -0.39 is 0 Å². The summed E-state index contributed by atoms with van der Waals surface area (Å²) < 4.78 is 9.08. The van der Waals surface area contributed by atoms with Crippen LogP contribution in [-0.2, 0) is 4.79 Å². The van der Waals surface area contributed by atoms with E-state index in [1.807, 2.05) is 60.7 Å². The van der Waals surface area contributed by atoms with E-state index in [1.54, 1.807) is 52.7 Å². The molecule has 35 heavy (non-hydrogen) atoms. The van der Waals surface area contributed by atoms with Gasteiger partial charge in [-0.25, -0.2) is 4.79 Å². The first-order valence-electron chi connectivity index (χ1n) is 11.0.